The van der Waals surface area contributed by atoms with Gasteiger partial charge in [0.1, 0.15) is 11.2 Å². The summed E-state index contributed by atoms with van der Waals surface area (Å²) in [4.78, 5) is 32.6. The number of hydrogen-bond donors (Lipinski definition) is 1. The van der Waals surface area contributed by atoms with Crippen molar-refractivity contribution in [1.29, 1.82) is 5.26 Å². The minimum absolute atomic E-state index is 0.0224. The van der Waals surface area contributed by atoms with Crippen molar-refractivity contribution in [3.63, 3.8) is 0 Å². The molecule has 1 aliphatic rings. The molecule has 1 amide bonds. The van der Waals surface area contributed by atoms with Crippen LogP contribution in [0.5, 0.6) is 0 Å². The zero-order chi connectivity index (χ0) is 27.1. The summed E-state index contributed by atoms with van der Waals surface area (Å²) in [5.41, 5.74) is 5.85. The molecule has 1 unspecified atom stereocenters. The van der Waals surface area contributed by atoms with Crippen LogP contribution in [-0.2, 0) is 6.42 Å². The number of nitriles is 1. The minimum atomic E-state index is -0.882. The second-order valence-corrected chi connectivity index (χ2v) is 9.72. The molecule has 0 radical (unpaired) electrons. The molecule has 4 heterocycles. The van der Waals surface area contributed by atoms with Crippen molar-refractivity contribution >= 4 is 28.6 Å². The second kappa shape index (κ2) is 9.23. The first-order valence-electron chi connectivity index (χ1n) is 12.5. The lowest BCUT2D eigenvalue weighted by atomic mass is 9.87. The Kier molecular flexibility index (Phi) is 5.69. The molecule has 0 saturated heterocycles. The van der Waals surface area contributed by atoms with Crippen LogP contribution in [0, 0.1) is 11.3 Å². The van der Waals surface area contributed by atoms with E-state index in [1.54, 1.807) is 54.4 Å². The molecule has 8 heteroatoms. The van der Waals surface area contributed by atoms with E-state index in [1.165, 1.54) is 0 Å². The fraction of sp³-hybridized carbons (Fsp3) is 0.129. The van der Waals surface area contributed by atoms with Gasteiger partial charge < -0.3 is 10.2 Å². The molecule has 1 atom stereocenters. The Hall–Kier alpha value is -5.29. The van der Waals surface area contributed by atoms with Gasteiger partial charge in [0.2, 0.25) is 0 Å². The number of Topliss-reactive ketones (excluding diaryl/α,β-unsaturated/α-hetero) is 1. The molecule has 39 heavy (non-hydrogen) atoms. The minimum Gasteiger partial charge on any atom is -0.354 e. The lowest BCUT2D eigenvalue weighted by molar-refractivity contribution is 0.0906. The van der Waals surface area contributed by atoms with Gasteiger partial charge in [-0.05, 0) is 61.0 Å². The van der Waals surface area contributed by atoms with Gasteiger partial charge >= 0.3 is 0 Å². The Labute approximate surface area is 225 Å². The zero-order valence-electron chi connectivity index (χ0n) is 21.4. The van der Waals surface area contributed by atoms with Crippen molar-refractivity contribution in [2.45, 2.75) is 18.9 Å². The highest BCUT2D eigenvalue weighted by Gasteiger charge is 2.46. The van der Waals surface area contributed by atoms with E-state index in [2.05, 4.69) is 32.4 Å². The van der Waals surface area contributed by atoms with Crippen LogP contribution in [0.4, 0.5) is 11.4 Å². The number of pyridine rings is 2. The number of nitrogens with one attached hydrogen (secondary N) is 1. The van der Waals surface area contributed by atoms with Gasteiger partial charge in [0.05, 0.1) is 23.3 Å². The van der Waals surface area contributed by atoms with Crippen molar-refractivity contribution in [2.24, 2.45) is 0 Å². The number of carbonyl (C=O) groups is 2. The molecule has 0 aliphatic carbocycles. The van der Waals surface area contributed by atoms with Gasteiger partial charge in [0.15, 0.2) is 5.78 Å². The Bertz CT molecular complexity index is 1780. The number of para-hydroxylation sites is 1. The molecule has 0 fully saturated rings. The van der Waals surface area contributed by atoms with E-state index in [0.29, 0.717) is 23.2 Å². The highest BCUT2D eigenvalue weighted by Crippen LogP contribution is 2.45. The summed E-state index contributed by atoms with van der Waals surface area (Å²) in [7, 11) is 1.56. The number of hydrogen-bond acceptors (Lipinski definition) is 6. The van der Waals surface area contributed by atoms with E-state index >= 15 is 0 Å². The predicted octanol–water partition coefficient (Wildman–Crippen LogP) is 4.96. The number of fused-ring (bicyclic) bond motifs is 2. The standard InChI is InChI=1S/C31H24N6O2/c1-31(16-22-5-3-4-6-27(22)37(31)24-10-7-20(17-32)8-11-24)29(38)21-13-14-36-28(15-21)25(19-35-36)23-9-12-26(34-18-23)30(39)33-2/h3-15,18-19H,16H2,1-2H3,(H,33,39). The van der Waals surface area contributed by atoms with E-state index in [9.17, 15) is 14.9 Å². The summed E-state index contributed by atoms with van der Waals surface area (Å²) in [6, 6.07) is 24.7. The second-order valence-electron chi connectivity index (χ2n) is 9.72. The molecule has 6 rings (SSSR count). The maximum absolute atomic E-state index is 14.3. The number of carbonyl (C=O) groups excluding carboxylic acids is 2. The lowest BCUT2D eigenvalue weighted by Crippen LogP contribution is -2.48. The quantitative estimate of drug-likeness (QED) is 0.334. The Morgan fingerprint density at radius 3 is 2.54 bits per heavy atom. The summed E-state index contributed by atoms with van der Waals surface area (Å²) >= 11 is 0. The molecular formula is C31H24N6O2. The summed E-state index contributed by atoms with van der Waals surface area (Å²) in [5.74, 6) is -0.280. The summed E-state index contributed by atoms with van der Waals surface area (Å²) in [5, 5.41) is 16.3. The summed E-state index contributed by atoms with van der Waals surface area (Å²) < 4.78 is 1.73. The van der Waals surface area contributed by atoms with Gasteiger partial charge in [-0.1, -0.05) is 24.3 Å². The Morgan fingerprint density at radius 1 is 1.03 bits per heavy atom. The fourth-order valence-corrected chi connectivity index (χ4v) is 5.36. The first-order chi connectivity index (χ1) is 18.9. The largest absolute Gasteiger partial charge is 0.354 e. The van der Waals surface area contributed by atoms with Crippen LogP contribution >= 0.6 is 0 Å². The Balaban J connectivity index is 1.41. The smallest absolute Gasteiger partial charge is 0.269 e. The summed E-state index contributed by atoms with van der Waals surface area (Å²) in [6.45, 7) is 1.97. The molecular weight excluding hydrogens is 488 g/mol. The number of amides is 1. The maximum Gasteiger partial charge on any atom is 0.269 e. The van der Waals surface area contributed by atoms with Gasteiger partial charge in [-0.15, -0.1) is 0 Å². The fourth-order valence-electron chi connectivity index (χ4n) is 5.36. The molecule has 8 nitrogen and oxygen atoms in total. The number of benzene rings is 2. The van der Waals surface area contributed by atoms with Crippen molar-refractivity contribution < 1.29 is 9.59 Å². The Morgan fingerprint density at radius 2 is 1.82 bits per heavy atom. The topological polar surface area (TPSA) is 103 Å². The number of anilines is 2. The van der Waals surface area contributed by atoms with Gasteiger partial charge in [0.25, 0.3) is 5.91 Å². The first kappa shape index (κ1) is 24.1. The average molecular weight is 513 g/mol. The van der Waals surface area contributed by atoms with Crippen molar-refractivity contribution in [3.05, 3.63) is 114 Å². The summed E-state index contributed by atoms with van der Waals surface area (Å²) in [6.07, 6.45) is 5.70. The normalized spacial score (nSPS) is 16.1. The van der Waals surface area contributed by atoms with Crippen LogP contribution in [-0.4, -0.2) is 38.9 Å². The highest BCUT2D eigenvalue weighted by molar-refractivity contribution is 6.09. The van der Waals surface area contributed by atoms with Gasteiger partial charge in [-0.2, -0.15) is 10.4 Å². The van der Waals surface area contributed by atoms with Crippen molar-refractivity contribution in [2.75, 3.05) is 11.9 Å². The molecule has 3 aromatic heterocycles. The maximum atomic E-state index is 14.3. The molecule has 0 saturated carbocycles. The van der Waals surface area contributed by atoms with Crippen LogP contribution in [0.2, 0.25) is 0 Å². The van der Waals surface area contributed by atoms with E-state index in [1.807, 2.05) is 49.4 Å². The SMILES string of the molecule is CNC(=O)c1ccc(-c2cnn3ccc(C(=O)C4(C)Cc5ccccc5N4c4ccc(C#N)cc4)cc23)cn1. The van der Waals surface area contributed by atoms with Crippen molar-refractivity contribution in [1.82, 2.24) is 19.9 Å². The number of nitrogens with zero attached hydrogens (tertiary/aromatic N) is 5. The van der Waals surface area contributed by atoms with E-state index in [4.69, 9.17) is 0 Å². The van der Waals surface area contributed by atoms with Crippen LogP contribution in [0.15, 0.2) is 91.4 Å². The molecule has 0 spiro atoms. The van der Waals surface area contributed by atoms with E-state index in [-0.39, 0.29) is 11.7 Å². The third-order valence-electron chi connectivity index (χ3n) is 7.32. The van der Waals surface area contributed by atoms with Gasteiger partial charge in [-0.3, -0.25) is 14.6 Å². The first-order valence-corrected chi connectivity index (χ1v) is 12.5. The van der Waals surface area contributed by atoms with E-state index < -0.39 is 5.54 Å². The van der Waals surface area contributed by atoms with E-state index in [0.717, 1.165) is 33.6 Å². The lowest BCUT2D eigenvalue weighted by Gasteiger charge is -2.36. The molecule has 1 N–H and O–H groups in total. The van der Waals surface area contributed by atoms with Gasteiger partial charge in [0, 0.05) is 53.9 Å². The molecule has 190 valence electrons. The highest BCUT2D eigenvalue weighted by atomic mass is 16.1. The van der Waals surface area contributed by atoms with Crippen LogP contribution < -0.4 is 10.2 Å². The van der Waals surface area contributed by atoms with Crippen molar-refractivity contribution in [3.8, 4) is 17.2 Å². The third kappa shape index (κ3) is 3.92. The number of ketones is 1. The monoisotopic (exact) mass is 512 g/mol. The number of rotatable bonds is 5. The average Bonchev–Trinajstić information content (AvgIpc) is 3.54. The molecule has 1 aliphatic heterocycles. The molecule has 5 aromatic rings. The molecule has 0 bridgehead atoms. The van der Waals surface area contributed by atoms with Crippen LogP contribution in [0.25, 0.3) is 16.6 Å². The number of aromatic nitrogens is 3. The zero-order valence-corrected chi connectivity index (χ0v) is 21.4. The predicted molar refractivity (Wildman–Crippen MR) is 148 cm³/mol. The van der Waals surface area contributed by atoms with Crippen LogP contribution in [0.3, 0.4) is 0 Å². The van der Waals surface area contributed by atoms with Crippen LogP contribution in [0.1, 0.15) is 38.9 Å². The molecule has 2 aromatic carbocycles. The van der Waals surface area contributed by atoms with Gasteiger partial charge in [-0.25, -0.2) is 4.52 Å². The third-order valence-corrected chi connectivity index (χ3v) is 7.32.